The summed E-state index contributed by atoms with van der Waals surface area (Å²) in [4.78, 5) is 0. The van der Waals surface area contributed by atoms with Gasteiger partial charge in [0.15, 0.2) is 0 Å². The van der Waals surface area contributed by atoms with Crippen molar-refractivity contribution in [1.82, 2.24) is 0 Å². The maximum atomic E-state index is 3.30. The quantitative estimate of drug-likeness (QED) is 0.237. The molecule has 0 saturated heterocycles. The van der Waals surface area contributed by atoms with Gasteiger partial charge < -0.3 is 24.8 Å². The maximum Gasteiger partial charge on any atom is -0.0253 e. The molecule has 0 aliphatic heterocycles. The molecule has 0 amide bonds. The standard InChI is InChI=1S/C13H9.C9H13.C2H4.2ClH.Hf/c1-3-7-12-10(5-1)9-11-6-2-4-8-13(11)12;1-3-8-5-6-9(4-2)7-8;1-2;;;/h1-5,7-8H,9H2;5-7H,3-4H2,1-2H3;1H,2H3;2*1H;/q2*-1;;;;+2/p-2. The predicted molar refractivity (Wildman–Crippen MR) is 106 cm³/mol. The van der Waals surface area contributed by atoms with Gasteiger partial charge in [-0.25, -0.2) is 12.1 Å². The Balaban J connectivity index is 0.000000430. The van der Waals surface area contributed by atoms with Gasteiger partial charge in [-0.3, -0.25) is 0 Å². The van der Waals surface area contributed by atoms with Gasteiger partial charge in [-0.2, -0.15) is 47.0 Å². The molecule has 0 spiro atoms. The molecule has 0 unspecified atom stereocenters. The zero-order valence-electron chi connectivity index (χ0n) is 16.2. The summed E-state index contributed by atoms with van der Waals surface area (Å²) in [6, 6.07) is 24.8. The van der Waals surface area contributed by atoms with E-state index in [9.17, 15) is 0 Å². The maximum absolute atomic E-state index is 3.30. The van der Waals surface area contributed by atoms with E-state index in [0.29, 0.717) is 0 Å². The first-order valence-electron chi connectivity index (χ1n) is 9.00. The van der Waals surface area contributed by atoms with Crippen molar-refractivity contribution in [1.29, 1.82) is 0 Å². The van der Waals surface area contributed by atoms with E-state index in [0.717, 1.165) is 6.42 Å². The van der Waals surface area contributed by atoms with E-state index in [-0.39, 0.29) is 24.8 Å². The SMILES string of the molecule is CCc1ccc(CC)[cH-]1.C[CH]=[Hf+2].[Cl-].[Cl-].[c-]1cccc2c1Cc1ccccc1-2. The van der Waals surface area contributed by atoms with E-state index in [2.05, 4.69) is 85.2 Å². The fraction of sp³-hybridized carbons (Fsp3) is 0.250. The van der Waals surface area contributed by atoms with Crippen molar-refractivity contribution in [3.05, 3.63) is 89.0 Å². The summed E-state index contributed by atoms with van der Waals surface area (Å²) in [6.07, 6.45) is 3.38. The van der Waals surface area contributed by atoms with Gasteiger partial charge in [-0.15, -0.1) is 5.56 Å². The third kappa shape index (κ3) is 7.56. The Kier molecular flexibility index (Phi) is 13.7. The van der Waals surface area contributed by atoms with Crippen LogP contribution in [0.1, 0.15) is 43.0 Å². The van der Waals surface area contributed by atoms with E-state index in [1.165, 1.54) is 70.1 Å². The van der Waals surface area contributed by atoms with Gasteiger partial charge in [-0.1, -0.05) is 62.1 Å². The number of hydrogen-bond acceptors (Lipinski definition) is 0. The Labute approximate surface area is 191 Å². The van der Waals surface area contributed by atoms with Gasteiger partial charge in [-0.05, 0) is 6.42 Å². The first-order chi connectivity index (χ1) is 12.2. The van der Waals surface area contributed by atoms with Crippen LogP contribution in [0.4, 0.5) is 0 Å². The van der Waals surface area contributed by atoms with E-state index < -0.39 is 0 Å². The van der Waals surface area contributed by atoms with Crippen LogP contribution < -0.4 is 24.8 Å². The minimum absolute atomic E-state index is 0. The van der Waals surface area contributed by atoms with Gasteiger partial charge in [0.1, 0.15) is 0 Å². The van der Waals surface area contributed by atoms with Crippen LogP contribution in [-0.2, 0) is 43.2 Å². The smallest absolute Gasteiger partial charge is 0.0253 e. The zero-order chi connectivity index (χ0) is 18.1. The molecule has 0 nitrogen and oxygen atoms in total. The number of rotatable bonds is 2. The molecule has 0 heterocycles. The molecule has 0 radical (unpaired) electrons. The molecular formula is C24H26Cl2Hf-2. The zero-order valence-corrected chi connectivity index (χ0v) is 21.3. The molecule has 0 aromatic heterocycles. The first-order valence-corrected chi connectivity index (χ1v) is 11.1. The summed E-state index contributed by atoms with van der Waals surface area (Å²) in [5.41, 5.74) is 8.44. The second-order valence-electron chi connectivity index (χ2n) is 6.02. The Bertz CT molecular complexity index is 743. The number of hydrogen-bond donors (Lipinski definition) is 0. The van der Waals surface area contributed by atoms with Gasteiger partial charge >= 0.3 is 34.6 Å². The summed E-state index contributed by atoms with van der Waals surface area (Å²) >= 11 is 1.24. The van der Waals surface area contributed by atoms with Crippen LogP contribution in [-0.4, -0.2) is 3.76 Å². The van der Waals surface area contributed by atoms with E-state index in [4.69, 9.17) is 0 Å². The molecule has 3 aromatic carbocycles. The molecule has 0 N–H and O–H groups in total. The summed E-state index contributed by atoms with van der Waals surface area (Å²) in [7, 11) is 0. The molecule has 1 aliphatic carbocycles. The van der Waals surface area contributed by atoms with Crippen molar-refractivity contribution in [2.45, 2.75) is 40.0 Å². The number of benzene rings is 2. The van der Waals surface area contributed by atoms with Crippen LogP contribution in [0.15, 0.2) is 60.7 Å². The van der Waals surface area contributed by atoms with Crippen LogP contribution in [0.25, 0.3) is 11.1 Å². The summed E-state index contributed by atoms with van der Waals surface area (Å²) in [6.45, 7) is 6.44. The Hall–Kier alpha value is -0.890. The van der Waals surface area contributed by atoms with Gasteiger partial charge in [0.2, 0.25) is 0 Å². The molecule has 0 fully saturated rings. The fourth-order valence-electron chi connectivity index (χ4n) is 2.99. The molecule has 3 heteroatoms. The van der Waals surface area contributed by atoms with Crippen molar-refractivity contribution in [3.8, 4) is 11.1 Å². The van der Waals surface area contributed by atoms with Gasteiger partial charge in [0.05, 0.1) is 0 Å². The van der Waals surface area contributed by atoms with Crippen LogP contribution >= 0.6 is 0 Å². The number of halogens is 2. The minimum atomic E-state index is 0. The first kappa shape index (κ1) is 26.1. The Morgan fingerprint density at radius 2 is 1.48 bits per heavy atom. The number of aryl methyl sites for hydroxylation is 2. The third-order valence-electron chi connectivity index (χ3n) is 4.32. The second kappa shape index (κ2) is 14.2. The van der Waals surface area contributed by atoms with Crippen molar-refractivity contribution in [3.63, 3.8) is 0 Å². The molecule has 27 heavy (non-hydrogen) atoms. The van der Waals surface area contributed by atoms with Crippen molar-refractivity contribution >= 4 is 3.76 Å². The second-order valence-corrected chi connectivity index (χ2v) is 8.09. The topological polar surface area (TPSA) is 0 Å². The molecular weight excluding hydrogens is 538 g/mol. The number of fused-ring (bicyclic) bond motifs is 3. The largest absolute Gasteiger partial charge is 1.00 e. The van der Waals surface area contributed by atoms with E-state index >= 15 is 0 Å². The van der Waals surface area contributed by atoms with E-state index in [1.54, 1.807) is 0 Å². The normalized spacial score (nSPS) is 9.81. The Morgan fingerprint density at radius 1 is 0.926 bits per heavy atom. The van der Waals surface area contributed by atoms with Crippen molar-refractivity contribution < 1.29 is 48.7 Å². The molecule has 142 valence electrons. The predicted octanol–water partition coefficient (Wildman–Crippen LogP) is -0.0484. The van der Waals surface area contributed by atoms with Crippen LogP contribution in [0, 0.1) is 6.07 Å². The summed E-state index contributed by atoms with van der Waals surface area (Å²) < 4.78 is 2.14. The molecule has 0 atom stereocenters. The van der Waals surface area contributed by atoms with Gasteiger partial charge in [0.25, 0.3) is 0 Å². The van der Waals surface area contributed by atoms with E-state index in [1.807, 2.05) is 6.07 Å². The Morgan fingerprint density at radius 3 is 2.04 bits per heavy atom. The van der Waals surface area contributed by atoms with Crippen LogP contribution in [0.3, 0.4) is 0 Å². The van der Waals surface area contributed by atoms with Crippen molar-refractivity contribution in [2.75, 3.05) is 0 Å². The summed E-state index contributed by atoms with van der Waals surface area (Å²) in [5.74, 6) is 0. The fourth-order valence-corrected chi connectivity index (χ4v) is 2.99. The minimum Gasteiger partial charge on any atom is -1.00 e. The van der Waals surface area contributed by atoms with Crippen LogP contribution in [0.2, 0.25) is 0 Å². The third-order valence-corrected chi connectivity index (χ3v) is 4.32. The molecule has 0 saturated carbocycles. The van der Waals surface area contributed by atoms with Gasteiger partial charge in [0, 0.05) is 0 Å². The molecule has 3 aromatic rings. The average molecular weight is 564 g/mol. The van der Waals surface area contributed by atoms with Crippen LogP contribution in [0.5, 0.6) is 0 Å². The summed E-state index contributed by atoms with van der Waals surface area (Å²) in [5, 5.41) is 0. The monoisotopic (exact) mass is 564 g/mol. The van der Waals surface area contributed by atoms with Crippen molar-refractivity contribution in [2.24, 2.45) is 0 Å². The average Bonchev–Trinajstić information content (AvgIpc) is 3.27. The molecule has 1 aliphatic rings. The molecule has 0 bridgehead atoms. The molecule has 4 rings (SSSR count).